The highest BCUT2D eigenvalue weighted by atomic mass is 16.5. The number of amides is 3. The van der Waals surface area contributed by atoms with E-state index in [1.54, 1.807) is 7.11 Å². The van der Waals surface area contributed by atoms with Crippen molar-refractivity contribution < 1.29 is 14.3 Å². The van der Waals surface area contributed by atoms with Gasteiger partial charge < -0.3 is 20.7 Å². The van der Waals surface area contributed by atoms with Gasteiger partial charge in [0.2, 0.25) is 5.91 Å². The minimum absolute atomic E-state index is 0.122. The maximum atomic E-state index is 12.1. The van der Waals surface area contributed by atoms with Crippen LogP contribution in [0.1, 0.15) is 43.2 Å². The first-order valence-corrected chi connectivity index (χ1v) is 10.2. The topological polar surface area (TPSA) is 79.5 Å². The standard InChI is InChI=1S/C23H29N3O3/c1-29-21-12-8-19(9-13-21)16-25-23(28)26-20-10-6-18(7-11-20)15-24-22(27)14-17-4-2-3-5-17/h6-13,17H,2-5,14-16H2,1H3,(H,24,27)(H2,25,26,28). The van der Waals surface area contributed by atoms with Gasteiger partial charge in [-0.2, -0.15) is 0 Å². The van der Waals surface area contributed by atoms with E-state index in [9.17, 15) is 9.59 Å². The summed E-state index contributed by atoms with van der Waals surface area (Å²) < 4.78 is 5.12. The molecule has 1 aliphatic rings. The Morgan fingerprint density at radius 3 is 2.10 bits per heavy atom. The van der Waals surface area contributed by atoms with Gasteiger partial charge in [0, 0.05) is 25.2 Å². The summed E-state index contributed by atoms with van der Waals surface area (Å²) in [5, 5.41) is 8.62. The van der Waals surface area contributed by atoms with Crippen molar-refractivity contribution in [3.63, 3.8) is 0 Å². The summed E-state index contributed by atoms with van der Waals surface area (Å²) in [6.07, 6.45) is 5.48. The van der Waals surface area contributed by atoms with Crippen LogP contribution < -0.4 is 20.7 Å². The molecule has 1 aliphatic carbocycles. The molecule has 154 valence electrons. The summed E-state index contributed by atoms with van der Waals surface area (Å²) in [5.41, 5.74) is 2.71. The van der Waals surface area contributed by atoms with Crippen LogP contribution in [-0.2, 0) is 17.9 Å². The number of methoxy groups -OCH3 is 1. The van der Waals surface area contributed by atoms with Crippen LogP contribution in [0.4, 0.5) is 10.5 Å². The molecule has 2 aromatic rings. The van der Waals surface area contributed by atoms with Crippen LogP contribution in [0, 0.1) is 5.92 Å². The number of hydrogen-bond acceptors (Lipinski definition) is 3. The second kappa shape index (κ2) is 10.5. The number of rotatable bonds is 8. The third-order valence-electron chi connectivity index (χ3n) is 5.26. The summed E-state index contributed by atoms with van der Waals surface area (Å²) in [6.45, 7) is 0.941. The molecule has 1 saturated carbocycles. The first kappa shape index (κ1) is 20.7. The maximum absolute atomic E-state index is 12.1. The molecule has 6 heteroatoms. The van der Waals surface area contributed by atoms with Gasteiger partial charge in [0.05, 0.1) is 7.11 Å². The molecule has 0 aromatic heterocycles. The van der Waals surface area contributed by atoms with Crippen LogP contribution in [0.25, 0.3) is 0 Å². The van der Waals surface area contributed by atoms with E-state index in [2.05, 4.69) is 16.0 Å². The fourth-order valence-corrected chi connectivity index (χ4v) is 3.56. The summed E-state index contributed by atoms with van der Waals surface area (Å²) in [4.78, 5) is 24.1. The molecule has 2 aromatic carbocycles. The first-order chi connectivity index (χ1) is 14.1. The smallest absolute Gasteiger partial charge is 0.319 e. The number of anilines is 1. The molecule has 0 bridgehead atoms. The Kier molecular flexibility index (Phi) is 7.50. The molecule has 0 saturated heterocycles. The Hall–Kier alpha value is -3.02. The minimum Gasteiger partial charge on any atom is -0.497 e. The lowest BCUT2D eigenvalue weighted by atomic mass is 10.0. The van der Waals surface area contributed by atoms with Gasteiger partial charge in [-0.25, -0.2) is 4.79 Å². The van der Waals surface area contributed by atoms with Crippen molar-refractivity contribution in [2.45, 2.75) is 45.2 Å². The Labute approximate surface area is 172 Å². The van der Waals surface area contributed by atoms with Gasteiger partial charge >= 0.3 is 6.03 Å². The average Bonchev–Trinajstić information content (AvgIpc) is 3.25. The summed E-state index contributed by atoms with van der Waals surface area (Å²) in [6, 6.07) is 14.8. The van der Waals surface area contributed by atoms with E-state index in [-0.39, 0.29) is 11.9 Å². The number of benzene rings is 2. The fraction of sp³-hybridized carbons (Fsp3) is 0.391. The Morgan fingerprint density at radius 2 is 1.48 bits per heavy atom. The molecule has 29 heavy (non-hydrogen) atoms. The number of ether oxygens (including phenoxy) is 1. The second-order valence-electron chi connectivity index (χ2n) is 7.48. The van der Waals surface area contributed by atoms with Crippen LogP contribution in [0.2, 0.25) is 0 Å². The zero-order valence-electron chi connectivity index (χ0n) is 16.9. The third-order valence-corrected chi connectivity index (χ3v) is 5.26. The van der Waals surface area contributed by atoms with E-state index in [0.29, 0.717) is 31.1 Å². The van der Waals surface area contributed by atoms with Crippen LogP contribution in [0.5, 0.6) is 5.75 Å². The molecular weight excluding hydrogens is 366 g/mol. The van der Waals surface area contributed by atoms with E-state index in [1.165, 1.54) is 25.7 Å². The van der Waals surface area contributed by atoms with Gasteiger partial charge in [-0.15, -0.1) is 0 Å². The summed E-state index contributed by atoms with van der Waals surface area (Å²) >= 11 is 0. The van der Waals surface area contributed by atoms with Gasteiger partial charge in [0.25, 0.3) is 0 Å². The molecule has 0 atom stereocenters. The molecule has 3 amide bonds. The van der Waals surface area contributed by atoms with Crippen LogP contribution >= 0.6 is 0 Å². The zero-order chi connectivity index (χ0) is 20.5. The van der Waals surface area contributed by atoms with Crippen molar-refractivity contribution in [3.05, 3.63) is 59.7 Å². The quantitative estimate of drug-likeness (QED) is 0.626. The lowest BCUT2D eigenvalue weighted by Gasteiger charge is -2.11. The van der Waals surface area contributed by atoms with Crippen molar-refractivity contribution in [2.75, 3.05) is 12.4 Å². The van der Waals surface area contributed by atoms with Crippen molar-refractivity contribution in [2.24, 2.45) is 5.92 Å². The lowest BCUT2D eigenvalue weighted by molar-refractivity contribution is -0.122. The van der Waals surface area contributed by atoms with Gasteiger partial charge in [-0.05, 0) is 54.2 Å². The highest BCUT2D eigenvalue weighted by Crippen LogP contribution is 2.27. The van der Waals surface area contributed by atoms with Crippen LogP contribution in [0.3, 0.4) is 0 Å². The van der Waals surface area contributed by atoms with Crippen molar-refractivity contribution in [1.82, 2.24) is 10.6 Å². The monoisotopic (exact) mass is 395 g/mol. The van der Waals surface area contributed by atoms with Crippen molar-refractivity contribution >= 4 is 17.6 Å². The Balaban J connectivity index is 1.38. The highest BCUT2D eigenvalue weighted by Gasteiger charge is 2.18. The molecule has 3 N–H and O–H groups in total. The Morgan fingerprint density at radius 1 is 0.897 bits per heavy atom. The number of urea groups is 1. The largest absolute Gasteiger partial charge is 0.497 e. The van der Waals surface area contributed by atoms with E-state index < -0.39 is 0 Å². The van der Waals surface area contributed by atoms with Gasteiger partial charge in [0.1, 0.15) is 5.75 Å². The second-order valence-corrected chi connectivity index (χ2v) is 7.48. The molecule has 0 radical (unpaired) electrons. The molecule has 0 unspecified atom stereocenters. The SMILES string of the molecule is COc1ccc(CNC(=O)Nc2ccc(CNC(=O)CC3CCCC3)cc2)cc1. The van der Waals surface area contributed by atoms with E-state index >= 15 is 0 Å². The van der Waals surface area contributed by atoms with Crippen LogP contribution in [-0.4, -0.2) is 19.0 Å². The van der Waals surface area contributed by atoms with Gasteiger partial charge in [-0.3, -0.25) is 4.79 Å². The van der Waals surface area contributed by atoms with Gasteiger partial charge in [-0.1, -0.05) is 37.1 Å². The molecule has 0 aliphatic heterocycles. The van der Waals surface area contributed by atoms with E-state index in [4.69, 9.17) is 4.74 Å². The predicted molar refractivity (Wildman–Crippen MR) is 114 cm³/mol. The number of nitrogens with one attached hydrogen (secondary N) is 3. The molecule has 1 fully saturated rings. The maximum Gasteiger partial charge on any atom is 0.319 e. The van der Waals surface area contributed by atoms with Crippen molar-refractivity contribution in [3.8, 4) is 5.75 Å². The fourth-order valence-electron chi connectivity index (χ4n) is 3.56. The highest BCUT2D eigenvalue weighted by molar-refractivity contribution is 5.89. The molecule has 0 heterocycles. The molecular formula is C23H29N3O3. The van der Waals surface area contributed by atoms with Crippen LogP contribution in [0.15, 0.2) is 48.5 Å². The van der Waals surface area contributed by atoms with Crippen molar-refractivity contribution in [1.29, 1.82) is 0 Å². The number of carbonyl (C=O) groups excluding carboxylic acids is 2. The lowest BCUT2D eigenvalue weighted by Crippen LogP contribution is -2.28. The predicted octanol–water partition coefficient (Wildman–Crippen LogP) is 4.21. The third kappa shape index (κ3) is 6.82. The normalized spacial score (nSPS) is 13.7. The first-order valence-electron chi connectivity index (χ1n) is 10.2. The summed E-state index contributed by atoms with van der Waals surface area (Å²) in [5.74, 6) is 1.46. The summed E-state index contributed by atoms with van der Waals surface area (Å²) in [7, 11) is 1.62. The Bertz CT molecular complexity index is 797. The number of carbonyl (C=O) groups is 2. The van der Waals surface area contributed by atoms with E-state index in [1.807, 2.05) is 48.5 Å². The van der Waals surface area contributed by atoms with Gasteiger partial charge in [0.15, 0.2) is 0 Å². The molecule has 3 rings (SSSR count). The minimum atomic E-state index is -0.265. The zero-order valence-corrected chi connectivity index (χ0v) is 16.9. The molecule has 0 spiro atoms. The van der Waals surface area contributed by atoms with E-state index in [0.717, 1.165) is 16.9 Å². The number of hydrogen-bond donors (Lipinski definition) is 3. The average molecular weight is 396 g/mol. The molecule has 6 nitrogen and oxygen atoms in total.